The molecule has 2 atom stereocenters. The summed E-state index contributed by atoms with van der Waals surface area (Å²) >= 11 is 2.57. The Morgan fingerprint density at radius 1 is 1.38 bits per heavy atom. The Bertz CT molecular complexity index is 504. The Balaban J connectivity index is 1.80. The highest BCUT2D eigenvalue weighted by molar-refractivity contribution is 8.13. The number of oxime groups is 1. The maximum Gasteiger partial charge on any atom is 0.434 e. The van der Waals surface area contributed by atoms with Crippen LogP contribution in [-0.2, 0) is 18.5 Å². The van der Waals surface area contributed by atoms with Crippen LogP contribution in [0, 0.1) is 0 Å². The monoisotopic (exact) mass is 397 g/mol. The minimum Gasteiger partial charge on any atom is -0.309 e. The van der Waals surface area contributed by atoms with Crippen LogP contribution in [0.2, 0.25) is 0 Å². The third-order valence-electron chi connectivity index (χ3n) is 3.71. The minimum absolute atomic E-state index is 0.0824. The quantitative estimate of drug-likeness (QED) is 0.138. The molecule has 2 unspecified atom stereocenters. The molecule has 0 radical (unpaired) electrons. The van der Waals surface area contributed by atoms with E-state index in [2.05, 4.69) is 10.5 Å². The Labute approximate surface area is 151 Å². The first-order chi connectivity index (χ1) is 11.5. The number of carbonyl (C=O) groups excluding carboxylic acids is 1. The Kier molecular flexibility index (Phi) is 7.90. The Morgan fingerprint density at radius 3 is 2.54 bits per heavy atom. The van der Waals surface area contributed by atoms with E-state index in [4.69, 9.17) is 13.9 Å². The van der Waals surface area contributed by atoms with Gasteiger partial charge in [0.2, 0.25) is 0 Å². The molecule has 1 heterocycles. The van der Waals surface area contributed by atoms with Crippen LogP contribution < -0.4 is 5.32 Å². The summed E-state index contributed by atoms with van der Waals surface area (Å²) < 4.78 is 26.0. The summed E-state index contributed by atoms with van der Waals surface area (Å²) in [7, 11) is -3.31. The fraction of sp³-hybridized carbons (Fsp3) is 0.846. The minimum atomic E-state index is -3.31. The van der Waals surface area contributed by atoms with E-state index >= 15 is 0 Å². The molecule has 0 bridgehead atoms. The van der Waals surface area contributed by atoms with E-state index in [-0.39, 0.29) is 18.1 Å². The highest BCUT2D eigenvalue weighted by Gasteiger charge is 2.49. The van der Waals surface area contributed by atoms with Crippen molar-refractivity contribution in [3.63, 3.8) is 0 Å². The number of nitrogens with zero attached hydrogens (tertiary/aromatic N) is 2. The second-order valence-electron chi connectivity index (χ2n) is 5.35. The van der Waals surface area contributed by atoms with Gasteiger partial charge in [0.25, 0.3) is 0 Å². The first-order valence-electron chi connectivity index (χ1n) is 7.89. The van der Waals surface area contributed by atoms with Crippen LogP contribution in [0.3, 0.4) is 0 Å². The van der Waals surface area contributed by atoms with Gasteiger partial charge in [-0.05, 0) is 38.0 Å². The second-order valence-corrected chi connectivity index (χ2v) is 9.45. The van der Waals surface area contributed by atoms with Gasteiger partial charge in [-0.1, -0.05) is 24.9 Å². The highest BCUT2D eigenvalue weighted by atomic mass is 32.2. The average Bonchev–Trinajstić information content (AvgIpc) is 2.93. The first-order valence-corrected chi connectivity index (χ1v) is 11.6. The SMILES string of the molecule is CCN(SCNC(=O)ON=C(C)SC)P1(=O)OC2CCCCC2O1. The van der Waals surface area contributed by atoms with Crippen LogP contribution in [0.15, 0.2) is 5.16 Å². The topological polar surface area (TPSA) is 89.5 Å². The van der Waals surface area contributed by atoms with E-state index < -0.39 is 13.8 Å². The summed E-state index contributed by atoms with van der Waals surface area (Å²) in [6.45, 7) is 4.08. The fourth-order valence-corrected chi connectivity index (χ4v) is 5.82. The van der Waals surface area contributed by atoms with Crippen LogP contribution in [0.4, 0.5) is 4.79 Å². The van der Waals surface area contributed by atoms with Crippen molar-refractivity contribution in [2.24, 2.45) is 5.16 Å². The number of nitrogens with one attached hydrogen (secondary N) is 1. The Morgan fingerprint density at radius 2 is 2.00 bits per heavy atom. The van der Waals surface area contributed by atoms with E-state index in [9.17, 15) is 9.36 Å². The van der Waals surface area contributed by atoms with Crippen molar-refractivity contribution >= 4 is 42.6 Å². The Hall–Kier alpha value is -0.250. The zero-order valence-corrected chi connectivity index (χ0v) is 16.6. The van der Waals surface area contributed by atoms with E-state index in [0.29, 0.717) is 11.6 Å². The van der Waals surface area contributed by atoms with Crippen molar-refractivity contribution in [3.8, 4) is 0 Å². The second kappa shape index (κ2) is 9.45. The van der Waals surface area contributed by atoms with Gasteiger partial charge in [-0.25, -0.2) is 9.36 Å². The summed E-state index contributed by atoms with van der Waals surface area (Å²) in [5.41, 5.74) is 0. The molecule has 1 saturated carbocycles. The largest absolute Gasteiger partial charge is 0.434 e. The van der Waals surface area contributed by atoms with Crippen LogP contribution in [0.1, 0.15) is 39.5 Å². The van der Waals surface area contributed by atoms with Gasteiger partial charge < -0.3 is 5.32 Å². The molecule has 11 heteroatoms. The van der Waals surface area contributed by atoms with E-state index in [1.807, 2.05) is 13.2 Å². The lowest BCUT2D eigenvalue weighted by molar-refractivity contribution is 0.110. The summed E-state index contributed by atoms with van der Waals surface area (Å²) in [5.74, 6) is 0.187. The summed E-state index contributed by atoms with van der Waals surface area (Å²) in [6, 6.07) is 0. The van der Waals surface area contributed by atoms with Crippen LogP contribution in [0.5, 0.6) is 0 Å². The van der Waals surface area contributed by atoms with Crippen molar-refractivity contribution in [1.29, 1.82) is 0 Å². The molecule has 0 aromatic carbocycles. The molecular weight excluding hydrogens is 373 g/mol. The summed E-state index contributed by atoms with van der Waals surface area (Å²) in [6.07, 6.45) is 4.93. The van der Waals surface area contributed by atoms with Crippen molar-refractivity contribution in [2.45, 2.75) is 51.7 Å². The molecule has 1 aliphatic carbocycles. The molecule has 2 aliphatic rings. The number of fused-ring (bicyclic) bond motifs is 1. The maximum atomic E-state index is 12.9. The predicted molar refractivity (Wildman–Crippen MR) is 96.9 cm³/mol. The summed E-state index contributed by atoms with van der Waals surface area (Å²) in [4.78, 5) is 16.2. The third-order valence-corrected chi connectivity index (χ3v) is 8.05. The normalized spacial score (nSPS) is 30.2. The predicted octanol–water partition coefficient (Wildman–Crippen LogP) is 3.80. The van der Waals surface area contributed by atoms with Crippen LogP contribution >= 0.6 is 31.5 Å². The number of hydrogen-bond donors (Lipinski definition) is 1. The van der Waals surface area contributed by atoms with Gasteiger partial charge in [-0.3, -0.25) is 13.9 Å². The van der Waals surface area contributed by atoms with Crippen molar-refractivity contribution in [1.82, 2.24) is 9.39 Å². The highest BCUT2D eigenvalue weighted by Crippen LogP contribution is 2.63. The molecule has 0 aromatic rings. The van der Waals surface area contributed by atoms with Gasteiger partial charge in [0.15, 0.2) is 0 Å². The van der Waals surface area contributed by atoms with Gasteiger partial charge in [0.05, 0.1) is 18.1 Å². The number of amides is 1. The van der Waals surface area contributed by atoms with Gasteiger partial charge in [-0.15, -0.1) is 11.8 Å². The van der Waals surface area contributed by atoms with Gasteiger partial charge >= 0.3 is 13.8 Å². The standard InChI is InChI=1S/C13H24N3O5PS2/c1-4-16(24-9-14-13(17)19-15-10(2)23-3)22(18)20-11-7-5-6-8-12(11)21-22/h11-12H,4-9H2,1-3H3,(H,14,17). The lowest BCUT2D eigenvalue weighted by atomic mass is 9.95. The van der Waals surface area contributed by atoms with Crippen molar-refractivity contribution in [3.05, 3.63) is 0 Å². The van der Waals surface area contributed by atoms with Gasteiger partial charge in [0, 0.05) is 6.54 Å². The lowest BCUT2D eigenvalue weighted by Crippen LogP contribution is -2.25. The van der Waals surface area contributed by atoms with Gasteiger partial charge in [0.1, 0.15) is 5.04 Å². The zero-order chi connectivity index (χ0) is 17.6. The first kappa shape index (κ1) is 20.1. The smallest absolute Gasteiger partial charge is 0.309 e. The molecule has 8 nitrogen and oxygen atoms in total. The maximum absolute atomic E-state index is 12.9. The van der Waals surface area contributed by atoms with E-state index in [0.717, 1.165) is 25.7 Å². The fourth-order valence-electron chi connectivity index (χ4n) is 2.45. The lowest BCUT2D eigenvalue weighted by Gasteiger charge is -2.23. The zero-order valence-electron chi connectivity index (χ0n) is 14.1. The van der Waals surface area contributed by atoms with Crippen LogP contribution in [-0.4, -0.2) is 46.1 Å². The van der Waals surface area contributed by atoms with Crippen molar-refractivity contribution in [2.75, 3.05) is 18.7 Å². The molecule has 1 amide bonds. The molecule has 24 heavy (non-hydrogen) atoms. The number of carbonyl (C=O) groups is 1. The molecule has 1 aliphatic heterocycles. The average molecular weight is 397 g/mol. The van der Waals surface area contributed by atoms with Gasteiger partial charge in [-0.2, -0.15) is 4.08 Å². The number of thioether (sulfide) groups is 1. The molecule has 1 N–H and O–H groups in total. The molecule has 0 spiro atoms. The molecular formula is C13H24N3O5PS2. The number of rotatable bonds is 6. The van der Waals surface area contributed by atoms with Crippen molar-refractivity contribution < 1.29 is 23.2 Å². The molecule has 138 valence electrons. The summed E-state index contributed by atoms with van der Waals surface area (Å²) in [5, 5.41) is 6.83. The molecule has 2 rings (SSSR count). The number of hydrogen-bond acceptors (Lipinski definition) is 8. The van der Waals surface area contributed by atoms with Crippen LogP contribution in [0.25, 0.3) is 0 Å². The third kappa shape index (κ3) is 5.37. The van der Waals surface area contributed by atoms with E-state index in [1.165, 1.54) is 23.7 Å². The van der Waals surface area contributed by atoms with E-state index in [1.54, 1.807) is 11.0 Å². The molecule has 2 fully saturated rings. The molecule has 1 saturated heterocycles. The molecule has 0 aromatic heterocycles.